The van der Waals surface area contributed by atoms with E-state index in [2.05, 4.69) is 523 Å². The Bertz CT molecular complexity index is 5330. The third kappa shape index (κ3) is 41.5. The van der Waals surface area contributed by atoms with Crippen molar-refractivity contribution in [2.45, 2.75) is 0 Å². The van der Waals surface area contributed by atoms with Gasteiger partial charge in [0.25, 0.3) is 0 Å². The van der Waals surface area contributed by atoms with Gasteiger partial charge in [-0.15, -0.1) is 0 Å². The smallest absolute Gasteiger partial charge is 0.00405 e. The molecule has 0 aromatic heterocycles. The molecule has 0 saturated heterocycles. The van der Waals surface area contributed by atoms with Crippen molar-refractivity contribution >= 4 is 148 Å². The van der Waals surface area contributed by atoms with Crippen molar-refractivity contribution in [1.82, 2.24) is 9.80 Å². The van der Waals surface area contributed by atoms with Gasteiger partial charge in [-0.05, 0) is 187 Å². The molecular weight excluding hydrogens is 2100 g/mol. The average molecular weight is 2220 g/mol. The van der Waals surface area contributed by atoms with E-state index in [0.717, 1.165) is 25.1 Å². The molecule has 0 saturated carbocycles. The summed E-state index contributed by atoms with van der Waals surface area (Å²) in [6.07, 6.45) is 4.23. The predicted octanol–water partition coefficient (Wildman–Crippen LogP) is 19.9. The summed E-state index contributed by atoms with van der Waals surface area (Å²) in [6.45, 7) is 9.00. The average Bonchev–Trinajstić information content (AvgIpc) is 0.827. The molecule has 0 aliphatic carbocycles. The topological polar surface area (TPSA) is 46.3 Å². The predicted molar refractivity (Wildman–Crippen MR) is 604 cm³/mol. The number of benzene rings is 19. The Balaban J connectivity index is 0.000000236. The third-order valence-electron chi connectivity index (χ3n) is 21.3. The summed E-state index contributed by atoms with van der Waals surface area (Å²) in [5, 5.41) is 23.2. The van der Waals surface area contributed by atoms with Gasteiger partial charge < -0.3 is 34.0 Å². The molecule has 0 aliphatic heterocycles. The maximum atomic E-state index is 11.9. The van der Waals surface area contributed by atoms with Gasteiger partial charge in [0.05, 0.1) is 0 Å². The first-order valence-corrected chi connectivity index (χ1v) is 57.7. The van der Waals surface area contributed by atoms with Crippen molar-refractivity contribution in [1.29, 1.82) is 0 Å². The molecular formula is C124H114Br2F2Mn2N2O2P8-2. The summed E-state index contributed by atoms with van der Waals surface area (Å²) in [6, 6.07) is 204. The standard InChI is InChI=1S/2C27H27NP2.2C25H22P2.2C6H5F.C6H6.2CO.2BrH.2Mn/c2*1-28(22-29(24-14-6-2-7-15-24)25-16-8-3-9-17-25)23-30(26-18-10-4-11-19-26)27-20-12-5-13-21-27;2*1-5-13-22(14-6-1)26(23-15-7-2-8-16-23)21-27(24-17-9-3-10-18-24)25-19-11-4-12-20-25;2*7-6-4-2-1-3-5-6;1-2-4-6-5-3-1;2*1-2;;;;/h2*2-21H,22-23H2,1H3;2*1-20H,21H2;2*1-5H;1-6H;;;2*1H;;/p-2. The Kier molecular flexibility index (Phi) is 59.7. The number of nitrogens with zero attached hydrogens (tertiary/aromatic N) is 2. The Morgan fingerprint density at radius 3 is 0.317 bits per heavy atom. The van der Waals surface area contributed by atoms with Crippen LogP contribution in [0.5, 0.6) is 0 Å². The monoisotopic (exact) mass is 2220 g/mol. The molecule has 2 radical (unpaired) electrons. The second-order valence-electron chi connectivity index (χ2n) is 31.1. The number of rotatable bonds is 28. The van der Waals surface area contributed by atoms with Crippen LogP contribution in [-0.4, -0.2) is 60.8 Å². The van der Waals surface area contributed by atoms with Crippen LogP contribution in [-0.2, 0) is 43.4 Å². The van der Waals surface area contributed by atoms with Crippen molar-refractivity contribution in [3.63, 3.8) is 0 Å². The summed E-state index contributed by atoms with van der Waals surface area (Å²) in [7, 11) is 1.24. The molecule has 0 aliphatic rings. The molecule has 4 nitrogen and oxygen atoms in total. The van der Waals surface area contributed by atoms with Crippen LogP contribution in [0.25, 0.3) is 0 Å². The van der Waals surface area contributed by atoms with Gasteiger partial charge >= 0.3 is 22.6 Å². The van der Waals surface area contributed by atoms with Crippen LogP contribution in [0, 0.1) is 24.9 Å². The van der Waals surface area contributed by atoms with Gasteiger partial charge in [0, 0.05) is 71.1 Å². The van der Waals surface area contributed by atoms with Crippen LogP contribution < -0.4 is 119 Å². The zero-order valence-corrected chi connectivity index (χ0v) is 91.9. The summed E-state index contributed by atoms with van der Waals surface area (Å²) in [4.78, 5) is 5.08. The first-order chi connectivity index (χ1) is 68.2. The number of hydrogen-bond acceptors (Lipinski definition) is 2. The van der Waals surface area contributed by atoms with Crippen LogP contribution in [0.1, 0.15) is 0 Å². The van der Waals surface area contributed by atoms with E-state index in [1.165, 1.54) is 121 Å². The van der Waals surface area contributed by atoms with E-state index >= 15 is 0 Å². The molecule has 0 spiro atoms. The molecule has 18 heteroatoms. The van der Waals surface area contributed by atoms with Crippen LogP contribution in [0.3, 0.4) is 0 Å². The molecule has 0 N–H and O–H groups in total. The first-order valence-electron chi connectivity index (χ1n) is 45.4. The molecule has 19 aromatic rings. The number of halogens is 4. The molecule has 0 amide bonds. The quantitative estimate of drug-likeness (QED) is 0.0212. The van der Waals surface area contributed by atoms with Crippen molar-refractivity contribution in [2.24, 2.45) is 0 Å². The third-order valence-corrected chi connectivity index (χ3v) is 43.6. The van der Waals surface area contributed by atoms with Crippen LogP contribution in [0.15, 0.2) is 582 Å². The fraction of sp³-hybridized carbons (Fsp3) is 0.0645. The molecule has 0 atom stereocenters. The van der Waals surface area contributed by atoms with E-state index in [0.29, 0.717) is 0 Å². The van der Waals surface area contributed by atoms with Gasteiger partial charge in [0.2, 0.25) is 0 Å². The van der Waals surface area contributed by atoms with Gasteiger partial charge in [0.1, 0.15) is 11.6 Å². The van der Waals surface area contributed by atoms with E-state index in [1.54, 1.807) is 36.4 Å². The summed E-state index contributed by atoms with van der Waals surface area (Å²) >= 11 is 0. The van der Waals surface area contributed by atoms with E-state index in [-0.39, 0.29) is 79.7 Å². The molecule has 142 heavy (non-hydrogen) atoms. The van der Waals surface area contributed by atoms with Gasteiger partial charge in [-0.1, -0.05) is 558 Å². The minimum Gasteiger partial charge on any atom is -0.0623 e. The Morgan fingerprint density at radius 2 is 0.232 bits per heavy atom. The maximum Gasteiger partial charge on any atom is 0.00405 e. The van der Waals surface area contributed by atoms with Crippen LogP contribution >= 0.6 is 63.4 Å². The van der Waals surface area contributed by atoms with E-state index in [4.69, 9.17) is 9.30 Å². The fourth-order valence-corrected chi connectivity index (χ4v) is 37.1. The Labute approximate surface area is 894 Å². The molecule has 19 rings (SSSR count). The van der Waals surface area contributed by atoms with Gasteiger partial charge in [0.15, 0.2) is 0 Å². The number of hydrogen-bond donors (Lipinski definition) is 0. The second-order valence-corrected chi connectivity index (χ2v) is 49.6. The molecule has 0 heterocycles. The van der Waals surface area contributed by atoms with E-state index in [1.807, 2.05) is 36.4 Å². The Morgan fingerprint density at radius 1 is 0.155 bits per heavy atom. The van der Waals surface area contributed by atoms with Crippen molar-refractivity contribution in [2.75, 3.05) is 51.0 Å². The largest absolute Gasteiger partial charge is 0.0623 e. The van der Waals surface area contributed by atoms with Crippen molar-refractivity contribution in [3.8, 4) is 0 Å². The molecule has 716 valence electrons. The zero-order chi connectivity index (χ0) is 96.3. The van der Waals surface area contributed by atoms with Gasteiger partial charge in [-0.25, -0.2) is 8.78 Å². The van der Waals surface area contributed by atoms with Crippen molar-refractivity contribution in [3.05, 3.63) is 607 Å². The van der Waals surface area contributed by atoms with E-state index in [9.17, 15) is 8.78 Å². The normalized spacial score (nSPS) is 10.2. The maximum absolute atomic E-state index is 11.9. The fourth-order valence-electron chi connectivity index (χ4n) is 14.8. The molecule has 0 unspecified atom stereocenters. The van der Waals surface area contributed by atoms with Crippen LogP contribution in [0.2, 0.25) is 0 Å². The second kappa shape index (κ2) is 71.4. The van der Waals surface area contributed by atoms with Crippen LogP contribution in [0.4, 0.5) is 8.78 Å². The summed E-state index contributed by atoms with van der Waals surface area (Å²) in [5.41, 5.74) is 0. The minimum absolute atomic E-state index is 0. The van der Waals surface area contributed by atoms with Gasteiger partial charge in [-0.3, -0.25) is 9.80 Å². The molecule has 0 fully saturated rings. The van der Waals surface area contributed by atoms with Crippen molar-refractivity contribution < 1.29 is 86.2 Å². The first kappa shape index (κ1) is 119. The molecule has 19 aromatic carbocycles. The summed E-state index contributed by atoms with van der Waals surface area (Å²) in [5.74, 6) is 1.99. The SMILES string of the molecule is CN(CP(c1ccccc1)c1ccccc1)CP(c1ccccc1)c1ccccc1.CN(CP(c1ccccc1)c1ccccc1)CP(c1ccccc1)c1ccccc1.Fc1ccccc1.Fc1ccccc1.[Br-].[Br-].[C-]#[O+].[C-]#[O+].[Mn].[Mn].c1ccc(P(CP(c2ccccc2)c2ccccc2)c2ccccc2)cc1.c1ccc(P(CP(c2ccccc2)c2ccccc2)c2ccccc2)cc1.c1ccccc1. The van der Waals surface area contributed by atoms with Gasteiger partial charge in [-0.2, -0.15) is 0 Å². The molecule has 0 bridgehead atoms. The Hall–Kier alpha value is -10.1. The zero-order valence-electron chi connectivity index (χ0n) is 79.2. The summed E-state index contributed by atoms with van der Waals surface area (Å²) < 4.78 is 38.8. The minimum atomic E-state index is -0.422. The van der Waals surface area contributed by atoms with E-state index < -0.39 is 63.4 Å².